The average Bonchev–Trinajstić information content (AvgIpc) is 2.94. The van der Waals surface area contributed by atoms with Crippen LogP contribution in [0.25, 0.3) is 10.1 Å². The zero-order valence-electron chi connectivity index (χ0n) is 10.4. The fourth-order valence-corrected chi connectivity index (χ4v) is 4.05. The second kappa shape index (κ2) is 5.16. The van der Waals surface area contributed by atoms with E-state index >= 15 is 0 Å². The fourth-order valence-electron chi connectivity index (χ4n) is 1.83. The van der Waals surface area contributed by atoms with Crippen molar-refractivity contribution in [3.05, 3.63) is 38.6 Å². The Balaban J connectivity index is 1.97. The normalized spacial score (nSPS) is 10.9. The summed E-state index contributed by atoms with van der Waals surface area (Å²) in [5, 5.41) is 4.27. The van der Waals surface area contributed by atoms with Crippen LogP contribution in [0.15, 0.2) is 28.9 Å². The van der Waals surface area contributed by atoms with Crippen molar-refractivity contribution in [1.29, 1.82) is 0 Å². The quantitative estimate of drug-likeness (QED) is 0.710. The molecule has 0 unspecified atom stereocenters. The van der Waals surface area contributed by atoms with Crippen LogP contribution in [0.3, 0.4) is 0 Å². The van der Waals surface area contributed by atoms with E-state index in [-0.39, 0.29) is 5.91 Å². The van der Waals surface area contributed by atoms with Gasteiger partial charge in [0.2, 0.25) is 0 Å². The molecule has 2 heterocycles. The Hall–Kier alpha value is -1.44. The largest absolute Gasteiger partial charge is 0.397 e. The van der Waals surface area contributed by atoms with Gasteiger partial charge in [-0.25, -0.2) is 4.98 Å². The van der Waals surface area contributed by atoms with Gasteiger partial charge in [-0.1, -0.05) is 22.0 Å². The summed E-state index contributed by atoms with van der Waals surface area (Å²) in [5.74, 6) is -0.214. The first-order valence-electron chi connectivity index (χ1n) is 5.76. The van der Waals surface area contributed by atoms with Crippen molar-refractivity contribution in [1.82, 2.24) is 4.98 Å². The summed E-state index contributed by atoms with van der Waals surface area (Å²) < 4.78 is 1.95. The zero-order chi connectivity index (χ0) is 14.3. The summed E-state index contributed by atoms with van der Waals surface area (Å²) in [7, 11) is 0. The van der Waals surface area contributed by atoms with Gasteiger partial charge in [0, 0.05) is 25.6 Å². The molecule has 0 aliphatic heterocycles. The molecule has 2 aromatic heterocycles. The van der Waals surface area contributed by atoms with E-state index in [0.29, 0.717) is 15.7 Å². The number of thiazole rings is 1. The van der Waals surface area contributed by atoms with Crippen LogP contribution in [-0.4, -0.2) is 10.9 Å². The van der Waals surface area contributed by atoms with Gasteiger partial charge in [-0.05, 0) is 19.1 Å². The first-order valence-corrected chi connectivity index (χ1v) is 8.18. The maximum atomic E-state index is 12.3. The minimum absolute atomic E-state index is 0.214. The Morgan fingerprint density at radius 2 is 2.20 bits per heavy atom. The van der Waals surface area contributed by atoms with Crippen LogP contribution in [0.2, 0.25) is 0 Å². The predicted octanol–water partition coefficient (Wildman–Crippen LogP) is 4.26. The molecule has 4 nitrogen and oxygen atoms in total. The van der Waals surface area contributed by atoms with Gasteiger partial charge in [0.05, 0.1) is 5.69 Å². The first kappa shape index (κ1) is 13.5. The Bertz CT molecular complexity index is 809. The lowest BCUT2D eigenvalue weighted by molar-refractivity contribution is 0.103. The summed E-state index contributed by atoms with van der Waals surface area (Å²) in [6.07, 6.45) is 1.73. The number of hydrogen-bond acceptors (Lipinski definition) is 5. The summed E-state index contributed by atoms with van der Waals surface area (Å²) in [4.78, 5) is 18.0. The van der Waals surface area contributed by atoms with Gasteiger partial charge in [0.15, 0.2) is 5.13 Å². The molecule has 0 saturated heterocycles. The molecule has 0 atom stereocenters. The number of nitrogens with one attached hydrogen (secondary N) is 1. The molecular formula is C13H10BrN3OS2. The molecule has 3 rings (SSSR count). The molecule has 0 aliphatic rings. The van der Waals surface area contributed by atoms with E-state index < -0.39 is 0 Å². The Labute approximate surface area is 131 Å². The number of thiophene rings is 1. The topological polar surface area (TPSA) is 68.0 Å². The number of nitrogen functional groups attached to an aromatic ring is 1. The summed E-state index contributed by atoms with van der Waals surface area (Å²) in [6.45, 7) is 1.94. The number of anilines is 2. The second-order valence-corrected chi connectivity index (χ2v) is 7.42. The number of carbonyl (C=O) groups is 1. The third-order valence-electron chi connectivity index (χ3n) is 2.74. The molecule has 0 fully saturated rings. The summed E-state index contributed by atoms with van der Waals surface area (Å²) in [5.41, 5.74) is 6.58. The Kier molecular flexibility index (Phi) is 3.49. The highest BCUT2D eigenvalue weighted by atomic mass is 79.9. The van der Waals surface area contributed by atoms with Crippen LogP contribution in [-0.2, 0) is 0 Å². The molecular weight excluding hydrogens is 358 g/mol. The third kappa shape index (κ3) is 2.44. The van der Waals surface area contributed by atoms with Crippen molar-refractivity contribution in [2.75, 3.05) is 11.1 Å². The number of amides is 1. The molecule has 1 amide bonds. The van der Waals surface area contributed by atoms with E-state index in [1.54, 1.807) is 6.20 Å². The molecule has 0 radical (unpaired) electrons. The van der Waals surface area contributed by atoms with Crippen molar-refractivity contribution >= 4 is 65.4 Å². The molecule has 0 spiro atoms. The molecule has 1 aromatic carbocycles. The van der Waals surface area contributed by atoms with Crippen molar-refractivity contribution in [2.45, 2.75) is 6.92 Å². The van der Waals surface area contributed by atoms with Gasteiger partial charge in [-0.3, -0.25) is 10.1 Å². The highest BCUT2D eigenvalue weighted by Crippen LogP contribution is 2.35. The molecule has 3 N–H and O–H groups in total. The van der Waals surface area contributed by atoms with Gasteiger partial charge in [0.1, 0.15) is 4.88 Å². The molecule has 3 aromatic rings. The molecule has 20 heavy (non-hydrogen) atoms. The first-order chi connectivity index (χ1) is 9.54. The number of carbonyl (C=O) groups excluding carboxylic acids is 1. The number of benzene rings is 1. The number of nitrogens with zero attached hydrogens (tertiary/aromatic N) is 1. The van der Waals surface area contributed by atoms with Crippen molar-refractivity contribution in [3.63, 3.8) is 0 Å². The maximum absolute atomic E-state index is 12.3. The van der Waals surface area contributed by atoms with E-state index in [0.717, 1.165) is 19.4 Å². The van der Waals surface area contributed by atoms with Crippen LogP contribution in [0.4, 0.5) is 10.8 Å². The number of aromatic nitrogens is 1. The maximum Gasteiger partial charge on any atom is 0.269 e. The molecule has 0 saturated carbocycles. The van der Waals surface area contributed by atoms with E-state index in [1.165, 1.54) is 22.7 Å². The van der Waals surface area contributed by atoms with Gasteiger partial charge < -0.3 is 5.73 Å². The number of hydrogen-bond donors (Lipinski definition) is 2. The van der Waals surface area contributed by atoms with Crippen LogP contribution in [0.1, 0.15) is 14.5 Å². The smallest absolute Gasteiger partial charge is 0.269 e. The molecule has 0 bridgehead atoms. The van der Waals surface area contributed by atoms with Crippen molar-refractivity contribution in [2.24, 2.45) is 0 Å². The second-order valence-electron chi connectivity index (χ2n) is 4.22. The third-order valence-corrected chi connectivity index (χ3v) is 5.23. The lowest BCUT2D eigenvalue weighted by Gasteiger charge is -1.99. The number of halogens is 1. The van der Waals surface area contributed by atoms with Gasteiger partial charge >= 0.3 is 0 Å². The van der Waals surface area contributed by atoms with Crippen LogP contribution in [0.5, 0.6) is 0 Å². The fraction of sp³-hybridized carbons (Fsp3) is 0.0769. The van der Waals surface area contributed by atoms with Gasteiger partial charge in [-0.2, -0.15) is 0 Å². The van der Waals surface area contributed by atoms with Crippen molar-refractivity contribution < 1.29 is 4.79 Å². The Morgan fingerprint density at radius 1 is 1.40 bits per heavy atom. The number of aryl methyl sites for hydroxylation is 1. The lowest BCUT2D eigenvalue weighted by atomic mass is 10.2. The highest BCUT2D eigenvalue weighted by molar-refractivity contribution is 9.10. The highest BCUT2D eigenvalue weighted by Gasteiger charge is 2.17. The molecule has 7 heteroatoms. The van der Waals surface area contributed by atoms with Crippen molar-refractivity contribution in [3.8, 4) is 0 Å². The van der Waals surface area contributed by atoms with Gasteiger partial charge in [-0.15, -0.1) is 22.7 Å². The minimum Gasteiger partial charge on any atom is -0.397 e. The van der Waals surface area contributed by atoms with Crippen LogP contribution >= 0.6 is 38.6 Å². The standard InChI is InChI=1S/C13H10BrN3OS2/c1-6-5-16-13(19-6)17-12(18)11-10(15)8-3-2-7(14)4-9(8)20-11/h2-5H,15H2,1H3,(H,16,17,18). The Morgan fingerprint density at radius 3 is 2.90 bits per heavy atom. The molecule has 102 valence electrons. The van der Waals surface area contributed by atoms with E-state index in [4.69, 9.17) is 5.73 Å². The van der Waals surface area contributed by atoms with E-state index in [2.05, 4.69) is 26.2 Å². The monoisotopic (exact) mass is 367 g/mol. The SMILES string of the molecule is Cc1cnc(NC(=O)c2sc3cc(Br)ccc3c2N)s1. The molecule has 0 aliphatic carbocycles. The number of fused-ring (bicyclic) bond motifs is 1. The van der Waals surface area contributed by atoms with E-state index in [1.807, 2.05) is 25.1 Å². The van der Waals surface area contributed by atoms with E-state index in [9.17, 15) is 4.79 Å². The average molecular weight is 368 g/mol. The number of nitrogens with two attached hydrogens (primary N) is 1. The van der Waals surface area contributed by atoms with Gasteiger partial charge in [0.25, 0.3) is 5.91 Å². The summed E-state index contributed by atoms with van der Waals surface area (Å²) >= 11 is 6.24. The predicted molar refractivity (Wildman–Crippen MR) is 88.7 cm³/mol. The lowest BCUT2D eigenvalue weighted by Crippen LogP contribution is -2.11. The van der Waals surface area contributed by atoms with Crippen LogP contribution < -0.4 is 11.1 Å². The summed E-state index contributed by atoms with van der Waals surface area (Å²) in [6, 6.07) is 5.79. The zero-order valence-corrected chi connectivity index (χ0v) is 13.7. The minimum atomic E-state index is -0.214. The number of rotatable bonds is 2. The van der Waals surface area contributed by atoms with Crippen LogP contribution in [0, 0.1) is 6.92 Å².